The molecular formula is C20H25NO5S. The SMILES string of the molecule is COc1ccc(S(=O)(=O)C(CNC(=O)C2CCCCC2)c2ccco2)cc1. The van der Waals surface area contributed by atoms with Crippen LogP contribution >= 0.6 is 0 Å². The molecule has 146 valence electrons. The summed E-state index contributed by atoms with van der Waals surface area (Å²) >= 11 is 0. The minimum atomic E-state index is -3.74. The molecule has 1 saturated carbocycles. The normalized spacial score (nSPS) is 16.6. The maximum atomic E-state index is 13.2. The molecule has 1 atom stereocenters. The van der Waals surface area contributed by atoms with Crippen LogP contribution in [0.2, 0.25) is 0 Å². The molecular weight excluding hydrogens is 366 g/mol. The van der Waals surface area contributed by atoms with Crippen LogP contribution in [0, 0.1) is 5.92 Å². The molecule has 1 unspecified atom stereocenters. The second kappa shape index (κ2) is 8.61. The van der Waals surface area contributed by atoms with Crippen LogP contribution in [0.15, 0.2) is 52.0 Å². The molecule has 3 rings (SSSR count). The second-order valence-corrected chi connectivity index (χ2v) is 8.94. The van der Waals surface area contributed by atoms with Crippen LogP contribution < -0.4 is 10.1 Å². The standard InChI is InChI=1S/C20H25NO5S/c1-25-16-9-11-17(12-10-16)27(23,24)19(18-8-5-13-26-18)14-21-20(22)15-6-3-2-4-7-15/h5,8-13,15,19H,2-4,6-7,14H2,1H3,(H,21,22). The Morgan fingerprint density at radius 3 is 2.48 bits per heavy atom. The Labute approximate surface area is 159 Å². The Kier molecular flexibility index (Phi) is 6.21. The van der Waals surface area contributed by atoms with Crippen LogP contribution in [0.25, 0.3) is 0 Å². The van der Waals surface area contributed by atoms with Crippen molar-refractivity contribution in [1.29, 1.82) is 0 Å². The Morgan fingerprint density at radius 1 is 1.19 bits per heavy atom. The van der Waals surface area contributed by atoms with Crippen LogP contribution in [-0.4, -0.2) is 28.0 Å². The molecule has 1 heterocycles. The molecule has 1 aliphatic rings. The van der Waals surface area contributed by atoms with Crippen LogP contribution in [0.5, 0.6) is 5.75 Å². The Hall–Kier alpha value is -2.28. The van der Waals surface area contributed by atoms with E-state index in [4.69, 9.17) is 9.15 Å². The first-order valence-electron chi connectivity index (χ1n) is 9.21. The summed E-state index contributed by atoms with van der Waals surface area (Å²) in [4.78, 5) is 12.6. The number of ether oxygens (including phenoxy) is 1. The highest BCUT2D eigenvalue weighted by atomic mass is 32.2. The molecule has 1 amide bonds. The van der Waals surface area contributed by atoms with Crippen LogP contribution in [-0.2, 0) is 14.6 Å². The average molecular weight is 391 g/mol. The lowest BCUT2D eigenvalue weighted by molar-refractivity contribution is -0.125. The highest BCUT2D eigenvalue weighted by Crippen LogP contribution is 2.30. The topological polar surface area (TPSA) is 85.6 Å². The lowest BCUT2D eigenvalue weighted by Crippen LogP contribution is -2.36. The summed E-state index contributed by atoms with van der Waals surface area (Å²) in [7, 11) is -2.22. The fourth-order valence-corrected chi connectivity index (χ4v) is 5.06. The van der Waals surface area contributed by atoms with E-state index in [1.165, 1.54) is 25.5 Å². The third-order valence-electron chi connectivity index (χ3n) is 5.06. The van der Waals surface area contributed by atoms with E-state index in [0.717, 1.165) is 32.1 Å². The molecule has 0 radical (unpaired) electrons. The number of methoxy groups -OCH3 is 1. The predicted octanol–water partition coefficient (Wildman–Crippen LogP) is 3.50. The van der Waals surface area contributed by atoms with Gasteiger partial charge < -0.3 is 14.5 Å². The van der Waals surface area contributed by atoms with E-state index in [2.05, 4.69) is 5.32 Å². The molecule has 0 saturated heterocycles. The largest absolute Gasteiger partial charge is 0.497 e. The fourth-order valence-electron chi connectivity index (χ4n) is 3.47. The third-order valence-corrected chi connectivity index (χ3v) is 7.14. The summed E-state index contributed by atoms with van der Waals surface area (Å²) in [5, 5.41) is 1.86. The Morgan fingerprint density at radius 2 is 1.89 bits per heavy atom. The summed E-state index contributed by atoms with van der Waals surface area (Å²) in [5.41, 5.74) is 0. The third kappa shape index (κ3) is 4.53. The fraction of sp³-hybridized carbons (Fsp3) is 0.450. The molecule has 1 aromatic heterocycles. The summed E-state index contributed by atoms with van der Waals surface area (Å²) in [6, 6.07) is 9.49. The van der Waals surface area contributed by atoms with Gasteiger partial charge in [0.1, 0.15) is 16.8 Å². The van der Waals surface area contributed by atoms with Gasteiger partial charge in [-0.15, -0.1) is 0 Å². The molecule has 0 aliphatic heterocycles. The van der Waals surface area contributed by atoms with Crippen molar-refractivity contribution in [1.82, 2.24) is 5.32 Å². The number of hydrogen-bond acceptors (Lipinski definition) is 5. The molecule has 0 spiro atoms. The van der Waals surface area contributed by atoms with Crippen molar-refractivity contribution in [3.8, 4) is 5.75 Å². The number of amides is 1. The van der Waals surface area contributed by atoms with Gasteiger partial charge in [-0.05, 0) is 49.2 Å². The van der Waals surface area contributed by atoms with E-state index < -0.39 is 15.1 Å². The maximum Gasteiger partial charge on any atom is 0.223 e. The number of carbonyl (C=O) groups is 1. The monoisotopic (exact) mass is 391 g/mol. The molecule has 1 aliphatic carbocycles. The molecule has 27 heavy (non-hydrogen) atoms. The molecule has 6 nitrogen and oxygen atoms in total. The van der Waals surface area contributed by atoms with E-state index in [9.17, 15) is 13.2 Å². The summed E-state index contributed by atoms with van der Waals surface area (Å²) in [6.45, 7) is -0.0167. The van der Waals surface area contributed by atoms with Crippen molar-refractivity contribution in [2.45, 2.75) is 42.2 Å². The Bertz CT molecular complexity index is 837. The summed E-state index contributed by atoms with van der Waals surface area (Å²) in [5.74, 6) is 0.791. The molecule has 1 fully saturated rings. The molecule has 0 bridgehead atoms. The second-order valence-electron chi connectivity index (χ2n) is 6.80. The number of furan rings is 1. The predicted molar refractivity (Wildman–Crippen MR) is 101 cm³/mol. The van der Waals surface area contributed by atoms with Gasteiger partial charge in [-0.2, -0.15) is 0 Å². The van der Waals surface area contributed by atoms with Crippen molar-refractivity contribution in [2.75, 3.05) is 13.7 Å². The Balaban J connectivity index is 1.79. The number of benzene rings is 1. The quantitative estimate of drug-likeness (QED) is 0.781. The number of nitrogens with one attached hydrogen (secondary N) is 1. The van der Waals surface area contributed by atoms with Gasteiger partial charge in [0.25, 0.3) is 0 Å². The molecule has 7 heteroatoms. The van der Waals surface area contributed by atoms with Crippen molar-refractivity contribution < 1.29 is 22.4 Å². The summed E-state index contributed by atoms with van der Waals surface area (Å²) in [6.07, 6.45) is 6.41. The first-order valence-corrected chi connectivity index (χ1v) is 10.8. The van der Waals surface area contributed by atoms with Gasteiger partial charge in [-0.25, -0.2) is 8.42 Å². The van der Waals surface area contributed by atoms with E-state index in [1.54, 1.807) is 24.3 Å². The highest BCUT2D eigenvalue weighted by molar-refractivity contribution is 7.91. The van der Waals surface area contributed by atoms with E-state index >= 15 is 0 Å². The zero-order valence-electron chi connectivity index (χ0n) is 15.4. The van der Waals surface area contributed by atoms with Crippen LogP contribution in [0.1, 0.15) is 43.1 Å². The number of sulfone groups is 1. The lowest BCUT2D eigenvalue weighted by Gasteiger charge is -2.22. The van der Waals surface area contributed by atoms with Gasteiger partial charge in [0.15, 0.2) is 9.84 Å². The van der Waals surface area contributed by atoms with Gasteiger partial charge in [0.2, 0.25) is 5.91 Å². The average Bonchev–Trinajstić information content (AvgIpc) is 3.23. The minimum Gasteiger partial charge on any atom is -0.497 e. The van der Waals surface area contributed by atoms with Crippen molar-refractivity contribution in [3.63, 3.8) is 0 Å². The van der Waals surface area contributed by atoms with Crippen LogP contribution in [0.3, 0.4) is 0 Å². The van der Waals surface area contributed by atoms with Gasteiger partial charge in [-0.1, -0.05) is 19.3 Å². The zero-order valence-corrected chi connectivity index (χ0v) is 16.2. The number of carbonyl (C=O) groups excluding carboxylic acids is 1. The molecule has 2 aromatic rings. The van der Waals surface area contributed by atoms with Gasteiger partial charge in [-0.3, -0.25) is 4.79 Å². The van der Waals surface area contributed by atoms with Crippen molar-refractivity contribution >= 4 is 15.7 Å². The van der Waals surface area contributed by atoms with Gasteiger partial charge >= 0.3 is 0 Å². The smallest absolute Gasteiger partial charge is 0.223 e. The van der Waals surface area contributed by atoms with Crippen LogP contribution in [0.4, 0.5) is 0 Å². The number of rotatable bonds is 7. The highest BCUT2D eigenvalue weighted by Gasteiger charge is 2.32. The summed E-state index contributed by atoms with van der Waals surface area (Å²) < 4.78 is 36.8. The molecule has 1 aromatic carbocycles. The molecule has 1 N–H and O–H groups in total. The first kappa shape index (κ1) is 19.5. The number of hydrogen-bond donors (Lipinski definition) is 1. The maximum absolute atomic E-state index is 13.2. The van der Waals surface area contributed by atoms with Crippen molar-refractivity contribution in [2.24, 2.45) is 5.92 Å². The lowest BCUT2D eigenvalue weighted by atomic mass is 9.89. The minimum absolute atomic E-state index is 0.0167. The van der Waals surface area contributed by atoms with Crippen molar-refractivity contribution in [3.05, 3.63) is 48.4 Å². The first-order chi connectivity index (χ1) is 13.0. The van der Waals surface area contributed by atoms with E-state index in [1.807, 2.05) is 0 Å². The van der Waals surface area contributed by atoms with E-state index in [0.29, 0.717) is 11.5 Å². The van der Waals surface area contributed by atoms with Gasteiger partial charge in [0, 0.05) is 12.5 Å². The van der Waals surface area contributed by atoms with E-state index in [-0.39, 0.29) is 23.3 Å². The zero-order chi connectivity index (χ0) is 19.3. The van der Waals surface area contributed by atoms with Gasteiger partial charge in [0.05, 0.1) is 18.3 Å².